The molecule has 6 nitrogen and oxygen atoms in total. The Morgan fingerprint density at radius 3 is 2.50 bits per heavy atom. The SMILES string of the molecule is Cc1c(C(=O)NCc2ccccc2NS(C)(=O)=O)oc2c(C)cccc12. The molecule has 1 amide bonds. The minimum Gasteiger partial charge on any atom is -0.450 e. The number of hydrogen-bond acceptors (Lipinski definition) is 4. The molecule has 1 aromatic heterocycles. The van der Waals surface area contributed by atoms with Crippen molar-refractivity contribution in [3.63, 3.8) is 0 Å². The summed E-state index contributed by atoms with van der Waals surface area (Å²) in [6.07, 6.45) is 1.09. The molecule has 0 aliphatic carbocycles. The maximum atomic E-state index is 12.6. The molecule has 0 saturated carbocycles. The Labute approximate surface area is 152 Å². The maximum absolute atomic E-state index is 12.6. The van der Waals surface area contributed by atoms with Crippen LogP contribution in [-0.2, 0) is 16.6 Å². The van der Waals surface area contributed by atoms with Crippen molar-refractivity contribution >= 4 is 32.6 Å². The lowest BCUT2D eigenvalue weighted by molar-refractivity contribution is 0.0924. The molecule has 0 saturated heterocycles. The number of anilines is 1. The fraction of sp³-hybridized carbons (Fsp3) is 0.211. The Bertz CT molecular complexity index is 1080. The topological polar surface area (TPSA) is 88.4 Å². The quantitative estimate of drug-likeness (QED) is 0.719. The summed E-state index contributed by atoms with van der Waals surface area (Å²) in [5, 5.41) is 3.71. The number of rotatable bonds is 5. The molecule has 0 atom stereocenters. The predicted octanol–water partition coefficient (Wildman–Crippen LogP) is 3.35. The van der Waals surface area contributed by atoms with Crippen LogP contribution >= 0.6 is 0 Å². The molecule has 7 heteroatoms. The Balaban J connectivity index is 1.82. The first kappa shape index (κ1) is 18.0. The lowest BCUT2D eigenvalue weighted by Crippen LogP contribution is -2.24. The van der Waals surface area contributed by atoms with E-state index >= 15 is 0 Å². The largest absolute Gasteiger partial charge is 0.450 e. The molecule has 0 bridgehead atoms. The highest BCUT2D eigenvalue weighted by Crippen LogP contribution is 2.27. The fourth-order valence-corrected chi connectivity index (χ4v) is 3.43. The van der Waals surface area contributed by atoms with Crippen LogP contribution in [0.15, 0.2) is 46.9 Å². The van der Waals surface area contributed by atoms with Gasteiger partial charge in [0, 0.05) is 17.5 Å². The molecule has 0 aliphatic heterocycles. The third-order valence-electron chi connectivity index (χ3n) is 4.12. The van der Waals surface area contributed by atoms with Crippen LogP contribution in [0, 0.1) is 13.8 Å². The van der Waals surface area contributed by atoms with E-state index in [1.807, 2.05) is 32.0 Å². The van der Waals surface area contributed by atoms with Crippen molar-refractivity contribution in [2.45, 2.75) is 20.4 Å². The van der Waals surface area contributed by atoms with Crippen molar-refractivity contribution < 1.29 is 17.6 Å². The molecule has 0 unspecified atom stereocenters. The Kier molecular flexibility index (Phi) is 4.73. The van der Waals surface area contributed by atoms with Gasteiger partial charge < -0.3 is 9.73 Å². The molecule has 26 heavy (non-hydrogen) atoms. The normalized spacial score (nSPS) is 11.5. The van der Waals surface area contributed by atoms with E-state index in [-0.39, 0.29) is 18.2 Å². The zero-order chi connectivity index (χ0) is 18.9. The number of furan rings is 1. The highest BCUT2D eigenvalue weighted by Gasteiger charge is 2.18. The van der Waals surface area contributed by atoms with Gasteiger partial charge in [0.05, 0.1) is 11.9 Å². The third kappa shape index (κ3) is 3.72. The van der Waals surface area contributed by atoms with Crippen LogP contribution in [0.1, 0.15) is 27.2 Å². The van der Waals surface area contributed by atoms with Gasteiger partial charge in [-0.3, -0.25) is 9.52 Å². The van der Waals surface area contributed by atoms with Crippen molar-refractivity contribution in [2.75, 3.05) is 11.0 Å². The second-order valence-corrected chi connectivity index (χ2v) is 7.97. The van der Waals surface area contributed by atoms with Gasteiger partial charge in [0.25, 0.3) is 5.91 Å². The van der Waals surface area contributed by atoms with E-state index in [4.69, 9.17) is 4.42 Å². The molecule has 0 aliphatic rings. The molecule has 1 heterocycles. The van der Waals surface area contributed by atoms with Gasteiger partial charge in [-0.15, -0.1) is 0 Å². The summed E-state index contributed by atoms with van der Waals surface area (Å²) in [5.41, 5.74) is 3.55. The van der Waals surface area contributed by atoms with Crippen molar-refractivity contribution in [1.82, 2.24) is 5.32 Å². The summed E-state index contributed by atoms with van der Waals surface area (Å²) in [4.78, 5) is 12.6. The minimum absolute atomic E-state index is 0.174. The number of sulfonamides is 1. The molecule has 3 aromatic rings. The van der Waals surface area contributed by atoms with E-state index in [1.165, 1.54) is 0 Å². The van der Waals surface area contributed by atoms with Crippen LogP contribution in [0.3, 0.4) is 0 Å². The number of aryl methyl sites for hydroxylation is 2. The van der Waals surface area contributed by atoms with Crippen LogP contribution in [0.4, 0.5) is 5.69 Å². The van der Waals surface area contributed by atoms with E-state index in [2.05, 4.69) is 10.0 Å². The summed E-state index contributed by atoms with van der Waals surface area (Å²) in [6.45, 7) is 3.95. The van der Waals surface area contributed by atoms with Crippen LogP contribution < -0.4 is 10.0 Å². The third-order valence-corrected chi connectivity index (χ3v) is 4.71. The monoisotopic (exact) mass is 372 g/mol. The number of hydrogen-bond donors (Lipinski definition) is 2. The van der Waals surface area contributed by atoms with E-state index < -0.39 is 10.0 Å². The highest BCUT2D eigenvalue weighted by molar-refractivity contribution is 7.92. The van der Waals surface area contributed by atoms with Crippen LogP contribution in [0.5, 0.6) is 0 Å². The lowest BCUT2D eigenvalue weighted by atomic mass is 10.1. The van der Waals surface area contributed by atoms with Gasteiger partial charge in [0.2, 0.25) is 10.0 Å². The van der Waals surface area contributed by atoms with Crippen molar-refractivity contribution in [1.29, 1.82) is 0 Å². The number of para-hydroxylation sites is 2. The molecule has 136 valence electrons. The average Bonchev–Trinajstić information content (AvgIpc) is 2.91. The van der Waals surface area contributed by atoms with Crippen LogP contribution in [0.25, 0.3) is 11.0 Å². The van der Waals surface area contributed by atoms with E-state index in [1.54, 1.807) is 24.3 Å². The zero-order valence-corrected chi connectivity index (χ0v) is 15.6. The molecule has 0 fully saturated rings. The summed E-state index contributed by atoms with van der Waals surface area (Å²) >= 11 is 0. The first-order valence-electron chi connectivity index (χ1n) is 8.09. The molecule has 0 spiro atoms. The number of carbonyl (C=O) groups is 1. The van der Waals surface area contributed by atoms with Crippen molar-refractivity contribution in [3.05, 3.63) is 64.9 Å². The number of fused-ring (bicyclic) bond motifs is 1. The van der Waals surface area contributed by atoms with Gasteiger partial charge in [0.1, 0.15) is 5.58 Å². The van der Waals surface area contributed by atoms with Gasteiger partial charge in [-0.05, 0) is 31.0 Å². The molecule has 2 N–H and O–H groups in total. The average molecular weight is 372 g/mol. The van der Waals surface area contributed by atoms with Crippen LogP contribution in [-0.4, -0.2) is 20.6 Å². The van der Waals surface area contributed by atoms with Gasteiger partial charge in [-0.1, -0.05) is 36.4 Å². The minimum atomic E-state index is -3.40. The molecular formula is C19H20N2O4S. The summed E-state index contributed by atoms with van der Waals surface area (Å²) in [6, 6.07) is 12.7. The smallest absolute Gasteiger partial charge is 0.287 e. The van der Waals surface area contributed by atoms with Crippen molar-refractivity contribution in [2.24, 2.45) is 0 Å². The summed E-state index contributed by atoms with van der Waals surface area (Å²) < 4.78 is 31.2. The lowest BCUT2D eigenvalue weighted by Gasteiger charge is -2.11. The first-order valence-corrected chi connectivity index (χ1v) is 9.98. The second kappa shape index (κ2) is 6.84. The number of carbonyl (C=O) groups excluding carboxylic acids is 1. The summed E-state index contributed by atoms with van der Waals surface area (Å²) in [5.74, 6) is -0.0740. The Morgan fingerprint density at radius 1 is 1.08 bits per heavy atom. The predicted molar refractivity (Wildman–Crippen MR) is 102 cm³/mol. The number of nitrogens with one attached hydrogen (secondary N) is 2. The second-order valence-electron chi connectivity index (χ2n) is 6.22. The van der Waals surface area contributed by atoms with E-state index in [0.29, 0.717) is 16.8 Å². The molecule has 0 radical (unpaired) electrons. The number of benzene rings is 2. The van der Waals surface area contributed by atoms with Gasteiger partial charge in [-0.25, -0.2) is 8.42 Å². The van der Waals surface area contributed by atoms with Gasteiger partial charge in [0.15, 0.2) is 5.76 Å². The fourth-order valence-electron chi connectivity index (χ4n) is 2.83. The number of amides is 1. The summed E-state index contributed by atoms with van der Waals surface area (Å²) in [7, 11) is -3.40. The molecule has 3 rings (SSSR count). The highest BCUT2D eigenvalue weighted by atomic mass is 32.2. The van der Waals surface area contributed by atoms with E-state index in [9.17, 15) is 13.2 Å². The molecule has 2 aromatic carbocycles. The van der Waals surface area contributed by atoms with Crippen LogP contribution in [0.2, 0.25) is 0 Å². The Hall–Kier alpha value is -2.80. The van der Waals surface area contributed by atoms with Gasteiger partial charge >= 0.3 is 0 Å². The molecular weight excluding hydrogens is 352 g/mol. The van der Waals surface area contributed by atoms with Gasteiger partial charge in [-0.2, -0.15) is 0 Å². The Morgan fingerprint density at radius 2 is 1.81 bits per heavy atom. The first-order chi connectivity index (χ1) is 12.3. The zero-order valence-electron chi connectivity index (χ0n) is 14.8. The van der Waals surface area contributed by atoms with Crippen molar-refractivity contribution in [3.8, 4) is 0 Å². The standard InChI is InChI=1S/C19H20N2O4S/c1-12-7-6-9-15-13(2)18(25-17(12)15)19(22)20-11-14-8-4-5-10-16(14)21-26(3,23)24/h4-10,21H,11H2,1-3H3,(H,20,22). The van der Waals surface area contributed by atoms with E-state index in [0.717, 1.165) is 22.8 Å². The maximum Gasteiger partial charge on any atom is 0.287 e.